The first kappa shape index (κ1) is 13.1. The molecule has 0 bridgehead atoms. The minimum Gasteiger partial charge on any atom is -0.381 e. The lowest BCUT2D eigenvalue weighted by molar-refractivity contribution is -0.116. The number of amides is 1. The summed E-state index contributed by atoms with van der Waals surface area (Å²) < 4.78 is 3.07. The van der Waals surface area contributed by atoms with Crippen molar-refractivity contribution in [2.45, 2.75) is 6.54 Å². The van der Waals surface area contributed by atoms with Crippen molar-refractivity contribution in [2.24, 2.45) is 0 Å². The van der Waals surface area contributed by atoms with Crippen LogP contribution in [0.5, 0.6) is 0 Å². The summed E-state index contributed by atoms with van der Waals surface area (Å²) in [6.07, 6.45) is 1.66. The summed E-state index contributed by atoms with van der Waals surface area (Å²) in [6, 6.07) is 7.38. The van der Waals surface area contributed by atoms with Crippen LogP contribution in [0.15, 0.2) is 39.4 Å². The summed E-state index contributed by atoms with van der Waals surface area (Å²) >= 11 is 6.58. The van der Waals surface area contributed by atoms with Crippen LogP contribution in [0.2, 0.25) is 0 Å². The summed E-state index contributed by atoms with van der Waals surface area (Å²) in [7, 11) is 0. The standard InChI is InChI=1S/C11H10Br2N4O/c12-7-2-1-3-8(4-7)15-10(18)6-17-5-9(13)11(14)16-17/h1-5H,6H2,(H2,14,16)(H,15,18). The Morgan fingerprint density at radius 3 is 2.83 bits per heavy atom. The second kappa shape index (κ2) is 5.53. The minimum absolute atomic E-state index is 0.113. The number of hydrogen-bond acceptors (Lipinski definition) is 3. The number of hydrogen-bond donors (Lipinski definition) is 2. The van der Waals surface area contributed by atoms with E-state index >= 15 is 0 Å². The fourth-order valence-electron chi connectivity index (χ4n) is 1.41. The molecule has 5 nitrogen and oxygen atoms in total. The van der Waals surface area contributed by atoms with E-state index in [0.29, 0.717) is 10.3 Å². The molecule has 0 aliphatic carbocycles. The third-order valence-electron chi connectivity index (χ3n) is 2.16. The number of rotatable bonds is 3. The number of nitrogen functional groups attached to an aromatic ring is 1. The topological polar surface area (TPSA) is 72.9 Å². The smallest absolute Gasteiger partial charge is 0.246 e. The van der Waals surface area contributed by atoms with E-state index in [2.05, 4.69) is 42.3 Å². The van der Waals surface area contributed by atoms with Gasteiger partial charge >= 0.3 is 0 Å². The zero-order valence-electron chi connectivity index (χ0n) is 9.23. The summed E-state index contributed by atoms with van der Waals surface area (Å²) in [5, 5.41) is 6.76. The summed E-state index contributed by atoms with van der Waals surface area (Å²) in [5.41, 5.74) is 6.30. The van der Waals surface area contributed by atoms with Crippen molar-refractivity contribution in [3.05, 3.63) is 39.4 Å². The average Bonchev–Trinajstić information content (AvgIpc) is 2.57. The molecule has 0 atom stereocenters. The molecule has 94 valence electrons. The van der Waals surface area contributed by atoms with Gasteiger partial charge in [0.05, 0.1) is 4.47 Å². The Morgan fingerprint density at radius 1 is 1.44 bits per heavy atom. The Morgan fingerprint density at radius 2 is 2.22 bits per heavy atom. The molecule has 1 heterocycles. The number of nitrogens with one attached hydrogen (secondary N) is 1. The number of benzene rings is 1. The van der Waals surface area contributed by atoms with Crippen molar-refractivity contribution in [3.8, 4) is 0 Å². The quantitative estimate of drug-likeness (QED) is 0.868. The second-order valence-corrected chi connectivity index (χ2v) is 5.39. The molecule has 3 N–H and O–H groups in total. The van der Waals surface area contributed by atoms with Crippen LogP contribution in [0.3, 0.4) is 0 Å². The lowest BCUT2D eigenvalue weighted by Crippen LogP contribution is -2.19. The lowest BCUT2D eigenvalue weighted by atomic mass is 10.3. The molecule has 2 aromatic rings. The van der Waals surface area contributed by atoms with E-state index in [0.717, 1.165) is 10.2 Å². The number of carbonyl (C=O) groups excluding carboxylic acids is 1. The van der Waals surface area contributed by atoms with Gasteiger partial charge in [0.15, 0.2) is 5.82 Å². The predicted molar refractivity (Wildman–Crippen MR) is 77.1 cm³/mol. The fourth-order valence-corrected chi connectivity index (χ4v) is 2.12. The molecule has 0 saturated carbocycles. The van der Waals surface area contributed by atoms with Crippen LogP contribution in [0.4, 0.5) is 11.5 Å². The van der Waals surface area contributed by atoms with E-state index in [1.54, 1.807) is 6.20 Å². The van der Waals surface area contributed by atoms with Crippen molar-refractivity contribution < 1.29 is 4.79 Å². The number of aromatic nitrogens is 2. The fraction of sp³-hybridized carbons (Fsp3) is 0.0909. The van der Waals surface area contributed by atoms with E-state index in [1.165, 1.54) is 4.68 Å². The van der Waals surface area contributed by atoms with E-state index < -0.39 is 0 Å². The molecule has 0 unspecified atom stereocenters. The molecule has 1 aromatic heterocycles. The number of halogens is 2. The molecule has 1 amide bonds. The maximum atomic E-state index is 11.8. The van der Waals surface area contributed by atoms with Gasteiger partial charge in [-0.25, -0.2) is 0 Å². The summed E-state index contributed by atoms with van der Waals surface area (Å²) in [5.74, 6) is 0.202. The Balaban J connectivity index is 2.01. The Hall–Kier alpha value is -1.34. The third kappa shape index (κ3) is 3.33. The lowest BCUT2D eigenvalue weighted by Gasteiger charge is -2.05. The number of nitrogens with zero attached hydrogens (tertiary/aromatic N) is 2. The van der Waals surface area contributed by atoms with Gasteiger partial charge in [0.25, 0.3) is 0 Å². The highest BCUT2D eigenvalue weighted by Gasteiger charge is 2.07. The molecule has 0 aliphatic heterocycles. The van der Waals surface area contributed by atoms with Gasteiger partial charge in [0.2, 0.25) is 5.91 Å². The maximum absolute atomic E-state index is 11.8. The largest absolute Gasteiger partial charge is 0.381 e. The first-order chi connectivity index (χ1) is 8.54. The maximum Gasteiger partial charge on any atom is 0.246 e. The number of carbonyl (C=O) groups is 1. The Labute approximate surface area is 121 Å². The second-order valence-electron chi connectivity index (χ2n) is 3.62. The molecule has 1 aromatic carbocycles. The molecular formula is C11H10Br2N4O. The van der Waals surface area contributed by atoms with E-state index in [9.17, 15) is 4.79 Å². The molecule has 0 saturated heterocycles. The van der Waals surface area contributed by atoms with Crippen molar-refractivity contribution in [1.29, 1.82) is 0 Å². The van der Waals surface area contributed by atoms with Gasteiger partial charge in [-0.15, -0.1) is 0 Å². The Kier molecular flexibility index (Phi) is 4.03. The van der Waals surface area contributed by atoms with Crippen LogP contribution in [-0.4, -0.2) is 15.7 Å². The van der Waals surface area contributed by atoms with Gasteiger partial charge in [0.1, 0.15) is 6.54 Å². The molecule has 0 aliphatic rings. The van der Waals surface area contributed by atoms with Crippen LogP contribution >= 0.6 is 31.9 Å². The minimum atomic E-state index is -0.164. The molecule has 0 radical (unpaired) electrons. The monoisotopic (exact) mass is 372 g/mol. The molecular weight excluding hydrogens is 364 g/mol. The normalized spacial score (nSPS) is 10.3. The number of nitrogens with two attached hydrogens (primary N) is 1. The van der Waals surface area contributed by atoms with Crippen LogP contribution in [0.25, 0.3) is 0 Å². The van der Waals surface area contributed by atoms with Crippen molar-refractivity contribution in [1.82, 2.24) is 9.78 Å². The van der Waals surface area contributed by atoms with Gasteiger partial charge in [0, 0.05) is 16.4 Å². The first-order valence-corrected chi connectivity index (χ1v) is 6.67. The van der Waals surface area contributed by atoms with Crippen molar-refractivity contribution in [3.63, 3.8) is 0 Å². The van der Waals surface area contributed by atoms with E-state index in [1.807, 2.05) is 24.3 Å². The first-order valence-electron chi connectivity index (χ1n) is 5.08. The van der Waals surface area contributed by atoms with Crippen molar-refractivity contribution >= 4 is 49.3 Å². The number of anilines is 2. The molecule has 18 heavy (non-hydrogen) atoms. The highest BCUT2D eigenvalue weighted by atomic mass is 79.9. The predicted octanol–water partition coefficient (Wildman–Crippen LogP) is 2.63. The van der Waals surface area contributed by atoms with Gasteiger partial charge in [-0.05, 0) is 34.1 Å². The molecule has 2 rings (SSSR count). The van der Waals surface area contributed by atoms with Crippen LogP contribution in [-0.2, 0) is 11.3 Å². The molecule has 7 heteroatoms. The molecule has 0 fully saturated rings. The zero-order chi connectivity index (χ0) is 13.1. The van der Waals surface area contributed by atoms with Crippen LogP contribution < -0.4 is 11.1 Å². The van der Waals surface area contributed by atoms with Crippen LogP contribution in [0, 0.1) is 0 Å². The van der Waals surface area contributed by atoms with Gasteiger partial charge < -0.3 is 11.1 Å². The Bertz CT molecular complexity index is 563. The highest BCUT2D eigenvalue weighted by molar-refractivity contribution is 9.10. The van der Waals surface area contributed by atoms with Gasteiger partial charge in [-0.3, -0.25) is 9.48 Å². The van der Waals surface area contributed by atoms with Crippen LogP contribution in [0.1, 0.15) is 0 Å². The molecule has 0 spiro atoms. The highest BCUT2D eigenvalue weighted by Crippen LogP contribution is 2.17. The SMILES string of the molecule is Nc1nn(CC(=O)Nc2cccc(Br)c2)cc1Br. The average molecular weight is 374 g/mol. The summed E-state index contributed by atoms with van der Waals surface area (Å²) in [4.78, 5) is 11.8. The van der Waals surface area contributed by atoms with Gasteiger partial charge in [-0.1, -0.05) is 22.0 Å². The summed E-state index contributed by atoms with van der Waals surface area (Å²) in [6.45, 7) is 0.113. The third-order valence-corrected chi connectivity index (χ3v) is 3.26. The van der Waals surface area contributed by atoms with Gasteiger partial charge in [-0.2, -0.15) is 5.10 Å². The zero-order valence-corrected chi connectivity index (χ0v) is 12.4. The van der Waals surface area contributed by atoms with E-state index in [-0.39, 0.29) is 12.5 Å². The van der Waals surface area contributed by atoms with Crippen molar-refractivity contribution in [2.75, 3.05) is 11.1 Å². The van der Waals surface area contributed by atoms with E-state index in [4.69, 9.17) is 5.73 Å².